The summed E-state index contributed by atoms with van der Waals surface area (Å²) in [6.45, 7) is 0.912. The maximum Gasteiger partial charge on any atom is 0.259 e. The number of aryl methyl sites for hydroxylation is 1. The van der Waals surface area contributed by atoms with Gasteiger partial charge in [-0.15, -0.1) is 0 Å². The summed E-state index contributed by atoms with van der Waals surface area (Å²) in [5.41, 5.74) is 2.41. The smallest absolute Gasteiger partial charge is 0.259 e. The summed E-state index contributed by atoms with van der Waals surface area (Å²) in [4.78, 5) is 16.0. The van der Waals surface area contributed by atoms with Crippen LogP contribution in [0.25, 0.3) is 0 Å². The molecule has 2 aromatic rings. The highest BCUT2D eigenvalue weighted by molar-refractivity contribution is 6.04. The number of carbonyl (C=O) groups is 1. The Bertz CT molecular complexity index is 547. The van der Waals surface area contributed by atoms with Crippen LogP contribution in [0, 0.1) is 0 Å². The molecule has 17 heavy (non-hydrogen) atoms. The fourth-order valence-electron chi connectivity index (χ4n) is 2.09. The second-order valence-corrected chi connectivity index (χ2v) is 4.03. The zero-order valence-corrected chi connectivity index (χ0v) is 9.26. The number of nitrogens with one attached hydrogen (secondary N) is 1. The lowest BCUT2D eigenvalue weighted by Crippen LogP contribution is -2.13. The van der Waals surface area contributed by atoms with Crippen LogP contribution in [0.2, 0.25) is 0 Å². The van der Waals surface area contributed by atoms with Crippen molar-refractivity contribution in [3.63, 3.8) is 0 Å². The average molecular weight is 228 g/mol. The third-order valence-electron chi connectivity index (χ3n) is 2.90. The summed E-state index contributed by atoms with van der Waals surface area (Å²) < 4.78 is 1.90. The van der Waals surface area contributed by atoms with Crippen molar-refractivity contribution in [2.45, 2.75) is 19.4 Å². The number of pyridine rings is 1. The first-order valence-corrected chi connectivity index (χ1v) is 5.60. The standard InChI is InChI=1S/C12H12N4O/c17-12(15-9-3-1-5-13-7-9)10-8-14-16-6-2-4-11(10)16/h1,3,5,7-8H,2,4,6H2,(H,15,17). The summed E-state index contributed by atoms with van der Waals surface area (Å²) in [6, 6.07) is 3.60. The summed E-state index contributed by atoms with van der Waals surface area (Å²) in [5, 5.41) is 7.02. The lowest BCUT2D eigenvalue weighted by Gasteiger charge is -2.03. The van der Waals surface area contributed by atoms with Gasteiger partial charge in [0.05, 0.1) is 29.3 Å². The average Bonchev–Trinajstić information content (AvgIpc) is 2.91. The molecule has 0 aromatic carbocycles. The van der Waals surface area contributed by atoms with Crippen LogP contribution in [0.4, 0.5) is 5.69 Å². The minimum atomic E-state index is -0.110. The van der Waals surface area contributed by atoms with Crippen molar-refractivity contribution < 1.29 is 4.79 Å². The molecule has 1 aliphatic rings. The van der Waals surface area contributed by atoms with Gasteiger partial charge in [0.2, 0.25) is 0 Å². The summed E-state index contributed by atoms with van der Waals surface area (Å²) in [6.07, 6.45) is 6.93. The van der Waals surface area contributed by atoms with Crippen LogP contribution in [0.5, 0.6) is 0 Å². The van der Waals surface area contributed by atoms with Crippen molar-refractivity contribution in [2.24, 2.45) is 0 Å². The molecular formula is C12H12N4O. The highest BCUT2D eigenvalue weighted by Crippen LogP contribution is 2.19. The second-order valence-electron chi connectivity index (χ2n) is 4.03. The molecule has 0 spiro atoms. The zero-order valence-electron chi connectivity index (χ0n) is 9.26. The quantitative estimate of drug-likeness (QED) is 0.846. The summed E-state index contributed by atoms with van der Waals surface area (Å²) in [7, 11) is 0. The SMILES string of the molecule is O=C(Nc1cccnc1)c1cnn2c1CCC2. The fourth-order valence-corrected chi connectivity index (χ4v) is 2.09. The van der Waals surface area contributed by atoms with E-state index in [2.05, 4.69) is 15.4 Å². The van der Waals surface area contributed by atoms with E-state index in [1.807, 2.05) is 10.7 Å². The number of aromatic nitrogens is 3. The number of nitrogens with zero attached hydrogens (tertiary/aromatic N) is 3. The van der Waals surface area contributed by atoms with Crippen molar-refractivity contribution in [3.05, 3.63) is 42.0 Å². The van der Waals surface area contributed by atoms with Crippen molar-refractivity contribution in [1.82, 2.24) is 14.8 Å². The first-order valence-electron chi connectivity index (χ1n) is 5.60. The van der Waals surface area contributed by atoms with E-state index in [1.165, 1.54) is 0 Å². The molecule has 3 heterocycles. The Morgan fingerprint density at radius 1 is 1.41 bits per heavy atom. The van der Waals surface area contributed by atoms with Crippen molar-refractivity contribution in [3.8, 4) is 0 Å². The Morgan fingerprint density at radius 2 is 2.35 bits per heavy atom. The molecule has 5 heteroatoms. The van der Waals surface area contributed by atoms with Gasteiger partial charge >= 0.3 is 0 Å². The molecule has 0 fully saturated rings. The van der Waals surface area contributed by atoms with Gasteiger partial charge in [-0.1, -0.05) is 0 Å². The number of fused-ring (bicyclic) bond motifs is 1. The van der Waals surface area contributed by atoms with Crippen LogP contribution in [0.15, 0.2) is 30.7 Å². The van der Waals surface area contributed by atoms with E-state index in [1.54, 1.807) is 24.7 Å². The van der Waals surface area contributed by atoms with Crippen LogP contribution in [-0.2, 0) is 13.0 Å². The van der Waals surface area contributed by atoms with Gasteiger partial charge in [-0.3, -0.25) is 14.5 Å². The van der Waals surface area contributed by atoms with E-state index in [4.69, 9.17) is 0 Å². The number of hydrogen-bond donors (Lipinski definition) is 1. The van der Waals surface area contributed by atoms with Gasteiger partial charge in [-0.2, -0.15) is 5.10 Å². The molecule has 86 valence electrons. The van der Waals surface area contributed by atoms with Crippen LogP contribution < -0.4 is 5.32 Å². The lowest BCUT2D eigenvalue weighted by atomic mass is 10.2. The van der Waals surface area contributed by atoms with E-state index < -0.39 is 0 Å². The lowest BCUT2D eigenvalue weighted by molar-refractivity contribution is 0.102. The minimum absolute atomic E-state index is 0.110. The monoisotopic (exact) mass is 228 g/mol. The summed E-state index contributed by atoms with van der Waals surface area (Å²) in [5.74, 6) is -0.110. The molecule has 0 unspecified atom stereocenters. The number of hydrogen-bond acceptors (Lipinski definition) is 3. The van der Waals surface area contributed by atoms with Crippen LogP contribution in [0.1, 0.15) is 22.5 Å². The molecular weight excluding hydrogens is 216 g/mol. The predicted molar refractivity (Wildman–Crippen MR) is 62.7 cm³/mol. The molecule has 1 amide bonds. The van der Waals surface area contributed by atoms with Gasteiger partial charge in [0, 0.05) is 12.7 Å². The van der Waals surface area contributed by atoms with Gasteiger partial charge < -0.3 is 5.32 Å². The molecule has 0 aliphatic carbocycles. The Morgan fingerprint density at radius 3 is 3.18 bits per heavy atom. The molecule has 0 saturated carbocycles. The van der Waals surface area contributed by atoms with E-state index >= 15 is 0 Å². The molecule has 0 saturated heterocycles. The van der Waals surface area contributed by atoms with E-state index in [9.17, 15) is 4.79 Å². The van der Waals surface area contributed by atoms with Gasteiger partial charge in [-0.25, -0.2) is 0 Å². The molecule has 0 atom stereocenters. The number of rotatable bonds is 2. The Labute approximate surface area is 98.5 Å². The maximum absolute atomic E-state index is 12.0. The molecule has 0 radical (unpaired) electrons. The molecule has 5 nitrogen and oxygen atoms in total. The highest BCUT2D eigenvalue weighted by atomic mass is 16.1. The minimum Gasteiger partial charge on any atom is -0.320 e. The fraction of sp³-hybridized carbons (Fsp3) is 0.250. The third kappa shape index (κ3) is 1.80. The topological polar surface area (TPSA) is 59.8 Å². The second kappa shape index (κ2) is 4.01. The first-order chi connectivity index (χ1) is 8.34. The molecule has 1 aliphatic heterocycles. The Hall–Kier alpha value is -2.17. The van der Waals surface area contributed by atoms with Crippen molar-refractivity contribution in [1.29, 1.82) is 0 Å². The van der Waals surface area contributed by atoms with E-state index in [-0.39, 0.29) is 5.91 Å². The largest absolute Gasteiger partial charge is 0.320 e. The molecule has 1 N–H and O–H groups in total. The number of amides is 1. The Balaban J connectivity index is 1.83. The molecule has 0 bridgehead atoms. The molecule has 2 aromatic heterocycles. The van der Waals surface area contributed by atoms with Crippen molar-refractivity contribution in [2.75, 3.05) is 5.32 Å². The van der Waals surface area contributed by atoms with Gasteiger partial charge in [0.1, 0.15) is 0 Å². The summed E-state index contributed by atoms with van der Waals surface area (Å²) >= 11 is 0. The zero-order chi connectivity index (χ0) is 11.7. The predicted octanol–water partition coefficient (Wildman–Crippen LogP) is 1.48. The van der Waals surface area contributed by atoms with Gasteiger partial charge in [0.15, 0.2) is 0 Å². The normalized spacial score (nSPS) is 13.4. The molecule has 3 rings (SSSR count). The number of carbonyl (C=O) groups excluding carboxylic acids is 1. The highest BCUT2D eigenvalue weighted by Gasteiger charge is 2.20. The first kappa shape index (κ1) is 10.0. The Kier molecular flexibility index (Phi) is 2.36. The van der Waals surface area contributed by atoms with E-state index in [0.717, 1.165) is 25.1 Å². The van der Waals surface area contributed by atoms with E-state index in [0.29, 0.717) is 11.3 Å². The van der Waals surface area contributed by atoms with Gasteiger partial charge in [0.25, 0.3) is 5.91 Å². The van der Waals surface area contributed by atoms with Gasteiger partial charge in [-0.05, 0) is 25.0 Å². The van der Waals surface area contributed by atoms with Crippen LogP contribution in [-0.4, -0.2) is 20.7 Å². The third-order valence-corrected chi connectivity index (χ3v) is 2.90. The van der Waals surface area contributed by atoms with Crippen molar-refractivity contribution >= 4 is 11.6 Å². The number of anilines is 1. The maximum atomic E-state index is 12.0. The van der Waals surface area contributed by atoms with Crippen LogP contribution in [0.3, 0.4) is 0 Å². The van der Waals surface area contributed by atoms with Crippen LogP contribution >= 0.6 is 0 Å².